The zero-order valence-corrected chi connectivity index (χ0v) is 22.4. The van der Waals surface area contributed by atoms with Gasteiger partial charge in [0.15, 0.2) is 0 Å². The number of aryl methyl sites for hydroxylation is 1. The minimum Gasteiger partial charge on any atom is -0.342 e. The third kappa shape index (κ3) is 5.76. The maximum absolute atomic E-state index is 14.0. The molecule has 2 heterocycles. The van der Waals surface area contributed by atoms with Gasteiger partial charge in [-0.25, -0.2) is 9.18 Å². The van der Waals surface area contributed by atoms with Crippen molar-refractivity contribution in [2.75, 3.05) is 26.7 Å². The lowest BCUT2D eigenvalue weighted by Crippen LogP contribution is -2.51. The van der Waals surface area contributed by atoms with Crippen molar-refractivity contribution >= 4 is 11.9 Å². The lowest BCUT2D eigenvalue weighted by atomic mass is 9.78. The van der Waals surface area contributed by atoms with Gasteiger partial charge >= 0.3 is 18.4 Å². The first-order valence-corrected chi connectivity index (χ1v) is 12.8. The summed E-state index contributed by atoms with van der Waals surface area (Å²) >= 11 is 0. The van der Waals surface area contributed by atoms with Crippen LogP contribution in [0.5, 0.6) is 0 Å². The van der Waals surface area contributed by atoms with Crippen LogP contribution in [0.2, 0.25) is 0 Å². The second-order valence-corrected chi connectivity index (χ2v) is 10.7. The molecule has 0 radical (unpaired) electrons. The molecule has 3 amide bonds. The number of alkyl halides is 6. The van der Waals surface area contributed by atoms with Crippen LogP contribution >= 0.6 is 0 Å². The number of urea groups is 1. The second kappa shape index (κ2) is 10.6. The van der Waals surface area contributed by atoms with E-state index in [1.807, 2.05) is 0 Å². The molecule has 4 rings (SSSR count). The Balaban J connectivity index is 1.71. The van der Waals surface area contributed by atoms with Crippen molar-refractivity contribution in [3.05, 3.63) is 70.0 Å². The van der Waals surface area contributed by atoms with E-state index in [2.05, 4.69) is 0 Å². The number of carbonyl (C=O) groups is 2. The highest BCUT2D eigenvalue weighted by Gasteiger charge is 2.47. The van der Waals surface area contributed by atoms with Crippen LogP contribution in [0.15, 0.2) is 36.4 Å². The SMILES string of the molecule is CC(=O)N1CC2CCN(C(=O)N(C)C(C)c3cc(C(F)(F)F)cc(C(F)(F)F)c3)C(c3ccc(F)cc3C)[C@@H]2C1. The van der Waals surface area contributed by atoms with Gasteiger partial charge in [0.05, 0.1) is 23.2 Å². The molecule has 40 heavy (non-hydrogen) atoms. The Morgan fingerprint density at radius 2 is 1.57 bits per heavy atom. The van der Waals surface area contributed by atoms with E-state index in [1.165, 1.54) is 33.0 Å². The van der Waals surface area contributed by atoms with Crippen LogP contribution in [-0.2, 0) is 17.1 Å². The summed E-state index contributed by atoms with van der Waals surface area (Å²) in [5, 5.41) is 0. The molecule has 5 nitrogen and oxygen atoms in total. The molecular weight excluding hydrogens is 543 g/mol. The Morgan fingerprint density at radius 1 is 0.975 bits per heavy atom. The molecule has 12 heteroatoms. The molecule has 218 valence electrons. The molecule has 4 atom stereocenters. The molecule has 2 aromatic rings. The summed E-state index contributed by atoms with van der Waals surface area (Å²) in [5.74, 6) is -0.681. The lowest BCUT2D eigenvalue weighted by molar-refractivity contribution is -0.143. The summed E-state index contributed by atoms with van der Waals surface area (Å²) < 4.78 is 94.7. The van der Waals surface area contributed by atoms with Gasteiger partial charge in [0, 0.05) is 39.5 Å². The van der Waals surface area contributed by atoms with Gasteiger partial charge in [-0.1, -0.05) is 6.07 Å². The molecule has 3 unspecified atom stereocenters. The Labute approximate surface area is 227 Å². The average Bonchev–Trinajstić information content (AvgIpc) is 3.31. The smallest absolute Gasteiger partial charge is 0.342 e. The van der Waals surface area contributed by atoms with Crippen LogP contribution in [-0.4, -0.2) is 53.3 Å². The van der Waals surface area contributed by atoms with E-state index in [4.69, 9.17) is 0 Å². The quantitative estimate of drug-likeness (QED) is 0.378. The first-order valence-electron chi connectivity index (χ1n) is 12.8. The maximum Gasteiger partial charge on any atom is 0.416 e. The predicted molar refractivity (Wildman–Crippen MR) is 132 cm³/mol. The molecule has 2 aliphatic rings. The molecule has 0 N–H and O–H groups in total. The number of amides is 3. The van der Waals surface area contributed by atoms with Gasteiger partial charge in [-0.15, -0.1) is 0 Å². The third-order valence-electron chi connectivity index (χ3n) is 8.19. The number of hydrogen-bond acceptors (Lipinski definition) is 2. The van der Waals surface area contributed by atoms with Crippen LogP contribution in [0.1, 0.15) is 60.2 Å². The molecule has 0 aromatic heterocycles. The van der Waals surface area contributed by atoms with Gasteiger partial charge in [0.1, 0.15) is 5.82 Å². The fourth-order valence-electron chi connectivity index (χ4n) is 5.89. The number of halogens is 7. The Kier molecular flexibility index (Phi) is 7.85. The number of piperidine rings is 1. The predicted octanol–water partition coefficient (Wildman–Crippen LogP) is 6.83. The van der Waals surface area contributed by atoms with Crippen LogP contribution in [0.4, 0.5) is 35.5 Å². The largest absolute Gasteiger partial charge is 0.416 e. The fraction of sp³-hybridized carbons (Fsp3) is 0.500. The highest BCUT2D eigenvalue weighted by molar-refractivity contribution is 5.76. The Hall–Kier alpha value is -3.31. The van der Waals surface area contributed by atoms with Gasteiger partial charge < -0.3 is 14.7 Å². The van der Waals surface area contributed by atoms with E-state index in [9.17, 15) is 40.3 Å². The summed E-state index contributed by atoms with van der Waals surface area (Å²) in [7, 11) is 1.33. The average molecular weight is 574 g/mol. The van der Waals surface area contributed by atoms with Crippen molar-refractivity contribution in [1.29, 1.82) is 0 Å². The first-order chi connectivity index (χ1) is 18.5. The van der Waals surface area contributed by atoms with E-state index in [1.54, 1.807) is 22.8 Å². The van der Waals surface area contributed by atoms with Gasteiger partial charge in [-0.2, -0.15) is 26.3 Å². The van der Waals surface area contributed by atoms with Crippen molar-refractivity contribution in [3.63, 3.8) is 0 Å². The minimum absolute atomic E-state index is 0.0526. The lowest BCUT2D eigenvalue weighted by Gasteiger charge is -2.45. The van der Waals surface area contributed by atoms with Crippen molar-refractivity contribution in [2.24, 2.45) is 11.8 Å². The van der Waals surface area contributed by atoms with Gasteiger partial charge in [0.25, 0.3) is 0 Å². The normalized spacial score (nSPS) is 22.2. The molecule has 2 fully saturated rings. The Morgan fingerprint density at radius 3 is 2.10 bits per heavy atom. The molecule has 2 aromatic carbocycles. The van der Waals surface area contributed by atoms with E-state index in [0.717, 1.165) is 4.90 Å². The summed E-state index contributed by atoms with van der Waals surface area (Å²) in [5.41, 5.74) is -1.96. The number of carbonyl (C=O) groups excluding carboxylic acids is 2. The summed E-state index contributed by atoms with van der Waals surface area (Å²) in [6.45, 7) is 5.66. The number of hydrogen-bond donors (Lipinski definition) is 0. The maximum atomic E-state index is 14.0. The van der Waals surface area contributed by atoms with E-state index in [-0.39, 0.29) is 35.9 Å². The standard InChI is InChI=1S/C28H30F7N3O2/c1-15-9-22(29)5-6-23(15)25-24-14-37(17(3)39)13-18(24)7-8-38(25)26(40)36(4)16(2)19-10-20(27(30,31)32)12-21(11-19)28(33,34)35/h5-6,9-12,16,18,24-25H,7-8,13-14H2,1-4H3/t16?,18?,24-,25?/m1/s1. The topological polar surface area (TPSA) is 43.9 Å². The second-order valence-electron chi connectivity index (χ2n) is 10.7. The number of likely N-dealkylation sites (tertiary alicyclic amines) is 2. The molecule has 0 spiro atoms. The molecule has 0 aliphatic carbocycles. The molecule has 2 aliphatic heterocycles. The van der Waals surface area contributed by atoms with Crippen molar-refractivity contribution in [3.8, 4) is 0 Å². The Bertz CT molecular complexity index is 1260. The van der Waals surface area contributed by atoms with E-state index < -0.39 is 47.4 Å². The van der Waals surface area contributed by atoms with Crippen LogP contribution in [0, 0.1) is 24.6 Å². The fourth-order valence-corrected chi connectivity index (χ4v) is 5.89. The van der Waals surface area contributed by atoms with E-state index in [0.29, 0.717) is 42.8 Å². The van der Waals surface area contributed by atoms with E-state index >= 15 is 0 Å². The molecule has 0 bridgehead atoms. The number of benzene rings is 2. The van der Waals surface area contributed by atoms with Crippen LogP contribution in [0.25, 0.3) is 0 Å². The number of fused-ring (bicyclic) bond motifs is 1. The van der Waals surface area contributed by atoms with Crippen LogP contribution in [0.3, 0.4) is 0 Å². The highest BCUT2D eigenvalue weighted by Crippen LogP contribution is 2.46. The summed E-state index contributed by atoms with van der Waals surface area (Å²) in [6.07, 6.45) is -9.48. The monoisotopic (exact) mass is 573 g/mol. The van der Waals surface area contributed by atoms with Crippen LogP contribution < -0.4 is 0 Å². The minimum atomic E-state index is -5.02. The number of rotatable bonds is 3. The van der Waals surface area contributed by atoms with Gasteiger partial charge in [-0.3, -0.25) is 4.79 Å². The molecular formula is C28H30F7N3O2. The number of nitrogens with zero attached hydrogens (tertiary/aromatic N) is 3. The van der Waals surface area contributed by atoms with Crippen molar-refractivity contribution in [1.82, 2.24) is 14.7 Å². The van der Waals surface area contributed by atoms with Gasteiger partial charge in [-0.05, 0) is 73.2 Å². The first kappa shape index (κ1) is 29.7. The van der Waals surface area contributed by atoms with Crippen molar-refractivity contribution in [2.45, 2.75) is 51.6 Å². The van der Waals surface area contributed by atoms with Crippen molar-refractivity contribution < 1.29 is 40.3 Å². The molecule has 0 saturated carbocycles. The molecule has 2 saturated heterocycles. The van der Waals surface area contributed by atoms with Gasteiger partial charge in [0.2, 0.25) is 5.91 Å². The zero-order valence-electron chi connectivity index (χ0n) is 22.4. The summed E-state index contributed by atoms with van der Waals surface area (Å²) in [4.78, 5) is 30.4. The highest BCUT2D eigenvalue weighted by atomic mass is 19.4. The third-order valence-corrected chi connectivity index (χ3v) is 8.19. The summed E-state index contributed by atoms with van der Waals surface area (Å²) in [6, 6.07) is 3.20. The zero-order chi connectivity index (χ0) is 29.7.